The van der Waals surface area contributed by atoms with E-state index in [1.807, 2.05) is 18.3 Å². The predicted molar refractivity (Wildman–Crippen MR) is 138 cm³/mol. The van der Waals surface area contributed by atoms with Crippen LogP contribution in [-0.2, 0) is 5.41 Å². The van der Waals surface area contributed by atoms with Gasteiger partial charge in [-0.15, -0.1) is 11.3 Å². The Bertz CT molecular complexity index is 1530. The molecule has 0 aliphatic heterocycles. The highest BCUT2D eigenvalue weighted by molar-refractivity contribution is 7.22. The first kappa shape index (κ1) is 20.4. The van der Waals surface area contributed by atoms with Crippen LogP contribution in [0.2, 0.25) is 0 Å². The minimum atomic E-state index is 0.0336. The van der Waals surface area contributed by atoms with E-state index in [0.717, 1.165) is 16.8 Å². The van der Waals surface area contributed by atoms with Gasteiger partial charge < -0.3 is 0 Å². The molecule has 2 heterocycles. The van der Waals surface area contributed by atoms with Crippen LogP contribution in [0.4, 0.5) is 5.69 Å². The number of fused-ring (bicyclic) bond motifs is 2. The summed E-state index contributed by atoms with van der Waals surface area (Å²) in [5.74, 6) is 0. The molecule has 5 aromatic rings. The molecule has 0 fully saturated rings. The Balaban J connectivity index is 1.73. The minimum Gasteiger partial charge on any atom is -0.255 e. The van der Waals surface area contributed by atoms with Crippen molar-refractivity contribution in [1.29, 1.82) is 0 Å². The van der Waals surface area contributed by atoms with Crippen LogP contribution in [0.5, 0.6) is 0 Å². The zero-order valence-electron chi connectivity index (χ0n) is 18.7. The summed E-state index contributed by atoms with van der Waals surface area (Å²) in [5.41, 5.74) is 6.55. The van der Waals surface area contributed by atoms with E-state index in [9.17, 15) is 0 Å². The Kier molecular flexibility index (Phi) is 4.84. The van der Waals surface area contributed by atoms with Crippen molar-refractivity contribution in [2.75, 3.05) is 0 Å². The zero-order chi connectivity index (χ0) is 22.5. The average Bonchev–Trinajstić information content (AvgIpc) is 3.21. The van der Waals surface area contributed by atoms with E-state index in [0.29, 0.717) is 5.69 Å². The fraction of sp³-hybridized carbons (Fsp3) is 0.172. The molecule has 0 unspecified atom stereocenters. The maximum atomic E-state index is 7.26. The molecule has 0 amide bonds. The molecule has 0 radical (unpaired) electrons. The van der Waals surface area contributed by atoms with Gasteiger partial charge in [0.1, 0.15) is 0 Å². The average molecular weight is 433 g/mol. The van der Waals surface area contributed by atoms with E-state index in [-0.39, 0.29) is 5.41 Å². The fourth-order valence-corrected chi connectivity index (χ4v) is 5.62. The molecule has 0 aliphatic carbocycles. The maximum Gasteiger partial charge on any atom is 0.187 e. The second kappa shape index (κ2) is 7.58. The van der Waals surface area contributed by atoms with E-state index >= 15 is 0 Å². The molecule has 156 valence electrons. The minimum absolute atomic E-state index is 0.0336. The largest absolute Gasteiger partial charge is 0.255 e. The summed E-state index contributed by atoms with van der Waals surface area (Å²) < 4.78 is 1.20. The quantitative estimate of drug-likeness (QED) is 0.254. The van der Waals surface area contributed by atoms with E-state index < -0.39 is 0 Å². The Morgan fingerprint density at radius 3 is 2.47 bits per heavy atom. The monoisotopic (exact) mass is 432 g/mol. The third-order valence-corrected chi connectivity index (χ3v) is 7.17. The summed E-state index contributed by atoms with van der Waals surface area (Å²) in [6, 6.07) is 23.5. The SMILES string of the molecule is [C-]#[N+]c1ccc(-c2cc3ccnc(-c4cc(C(C)(C)C)c5ccccc5c4)c3s2)c(C)c1. The van der Waals surface area contributed by atoms with Gasteiger partial charge in [-0.2, -0.15) is 0 Å². The van der Waals surface area contributed by atoms with Gasteiger partial charge in [-0.3, -0.25) is 4.98 Å². The highest BCUT2D eigenvalue weighted by Crippen LogP contribution is 2.41. The van der Waals surface area contributed by atoms with E-state index in [2.05, 4.69) is 87.1 Å². The molecule has 0 saturated carbocycles. The lowest BCUT2D eigenvalue weighted by molar-refractivity contribution is 0.596. The first-order valence-corrected chi connectivity index (χ1v) is 11.6. The zero-order valence-corrected chi connectivity index (χ0v) is 19.5. The Hall–Kier alpha value is -3.48. The number of thiophene rings is 1. The van der Waals surface area contributed by atoms with Gasteiger partial charge in [0, 0.05) is 16.6 Å². The van der Waals surface area contributed by atoms with Crippen LogP contribution in [0.25, 0.3) is 47.4 Å². The van der Waals surface area contributed by atoms with Gasteiger partial charge in [0.25, 0.3) is 0 Å². The van der Waals surface area contributed by atoms with Gasteiger partial charge in [0.15, 0.2) is 5.69 Å². The van der Waals surface area contributed by atoms with Crippen molar-refractivity contribution in [2.24, 2.45) is 0 Å². The van der Waals surface area contributed by atoms with Crippen LogP contribution in [0, 0.1) is 13.5 Å². The number of aryl methyl sites for hydroxylation is 1. The lowest BCUT2D eigenvalue weighted by Gasteiger charge is -2.22. The Morgan fingerprint density at radius 2 is 1.72 bits per heavy atom. The van der Waals surface area contributed by atoms with Gasteiger partial charge in [-0.25, -0.2) is 4.85 Å². The lowest BCUT2D eigenvalue weighted by atomic mass is 9.82. The molecule has 0 spiro atoms. The fourth-order valence-electron chi connectivity index (χ4n) is 4.36. The summed E-state index contributed by atoms with van der Waals surface area (Å²) in [6.07, 6.45) is 1.91. The lowest BCUT2D eigenvalue weighted by Crippen LogP contribution is -2.12. The van der Waals surface area contributed by atoms with Crippen molar-refractivity contribution in [2.45, 2.75) is 33.1 Å². The number of benzene rings is 3. The molecule has 32 heavy (non-hydrogen) atoms. The topological polar surface area (TPSA) is 17.2 Å². The molecule has 2 aromatic heterocycles. The van der Waals surface area contributed by atoms with Crippen molar-refractivity contribution >= 4 is 37.9 Å². The van der Waals surface area contributed by atoms with E-state index in [1.165, 1.54) is 36.9 Å². The van der Waals surface area contributed by atoms with Crippen molar-refractivity contribution in [3.8, 4) is 21.7 Å². The second-order valence-corrected chi connectivity index (χ2v) is 10.3. The van der Waals surface area contributed by atoms with Gasteiger partial charge >= 0.3 is 0 Å². The first-order chi connectivity index (χ1) is 15.3. The van der Waals surface area contributed by atoms with Crippen molar-refractivity contribution in [3.05, 3.63) is 95.5 Å². The summed E-state index contributed by atoms with van der Waals surface area (Å²) in [5, 5.41) is 3.75. The first-order valence-electron chi connectivity index (χ1n) is 10.8. The van der Waals surface area contributed by atoms with Crippen LogP contribution in [-0.4, -0.2) is 4.98 Å². The molecular weight excluding hydrogens is 408 g/mol. The number of rotatable bonds is 2. The van der Waals surface area contributed by atoms with Crippen molar-refractivity contribution < 1.29 is 0 Å². The van der Waals surface area contributed by atoms with E-state index in [1.54, 1.807) is 11.3 Å². The summed E-state index contributed by atoms with van der Waals surface area (Å²) >= 11 is 1.78. The smallest absolute Gasteiger partial charge is 0.187 e. The van der Waals surface area contributed by atoms with Crippen molar-refractivity contribution in [1.82, 2.24) is 4.98 Å². The van der Waals surface area contributed by atoms with Gasteiger partial charge in [0.05, 0.1) is 17.0 Å². The molecule has 0 N–H and O–H groups in total. The van der Waals surface area contributed by atoms with Crippen LogP contribution < -0.4 is 0 Å². The number of pyridine rings is 1. The number of hydrogen-bond donors (Lipinski definition) is 0. The predicted octanol–water partition coefficient (Wildman–Crippen LogP) is 8.94. The molecule has 0 aliphatic rings. The third-order valence-electron chi connectivity index (χ3n) is 5.98. The molecule has 0 saturated heterocycles. The van der Waals surface area contributed by atoms with Gasteiger partial charge in [-0.1, -0.05) is 68.8 Å². The summed E-state index contributed by atoms with van der Waals surface area (Å²) in [7, 11) is 0. The van der Waals surface area contributed by atoms with Crippen LogP contribution in [0.1, 0.15) is 31.9 Å². The van der Waals surface area contributed by atoms with Crippen LogP contribution >= 0.6 is 11.3 Å². The third kappa shape index (κ3) is 3.47. The molecule has 3 aromatic carbocycles. The number of nitrogens with zero attached hydrogens (tertiary/aromatic N) is 2. The van der Waals surface area contributed by atoms with Crippen LogP contribution in [0.15, 0.2) is 72.9 Å². The summed E-state index contributed by atoms with van der Waals surface area (Å²) in [4.78, 5) is 9.60. The highest BCUT2D eigenvalue weighted by Gasteiger charge is 2.20. The Labute approximate surface area is 193 Å². The normalized spacial score (nSPS) is 11.7. The molecule has 3 heteroatoms. The Morgan fingerprint density at radius 1 is 0.906 bits per heavy atom. The molecule has 5 rings (SSSR count). The van der Waals surface area contributed by atoms with Crippen molar-refractivity contribution in [3.63, 3.8) is 0 Å². The molecular formula is C29H24N2S. The number of aromatic nitrogens is 1. The number of hydrogen-bond acceptors (Lipinski definition) is 2. The highest BCUT2D eigenvalue weighted by atomic mass is 32.1. The van der Waals surface area contributed by atoms with Gasteiger partial charge in [0.2, 0.25) is 0 Å². The standard InChI is InChI=1S/C29H24N2S/c1-18-14-22(30-5)10-11-23(18)26-17-20-12-13-31-27(28(20)32-26)21-15-19-8-6-7-9-24(19)25(16-21)29(2,3)4/h6-17H,1-4H3. The van der Waals surface area contributed by atoms with Crippen LogP contribution in [0.3, 0.4) is 0 Å². The molecule has 0 bridgehead atoms. The van der Waals surface area contributed by atoms with E-state index in [4.69, 9.17) is 11.6 Å². The molecule has 2 nitrogen and oxygen atoms in total. The second-order valence-electron chi connectivity index (χ2n) is 9.29. The van der Waals surface area contributed by atoms with Gasteiger partial charge in [-0.05, 0) is 63.9 Å². The molecule has 0 atom stereocenters. The summed E-state index contributed by atoms with van der Waals surface area (Å²) in [6.45, 7) is 16.1. The maximum absolute atomic E-state index is 7.26.